The van der Waals surface area contributed by atoms with Crippen LogP contribution in [0.4, 0.5) is 0 Å². The molecule has 8 nitrogen and oxygen atoms in total. The quantitative estimate of drug-likeness (QED) is 0.136. The molecule has 2 aromatic rings. The highest BCUT2D eigenvalue weighted by Gasteiger charge is 2.24. The second-order valence-corrected chi connectivity index (χ2v) is 7.02. The maximum absolute atomic E-state index is 12.8. The molecule has 2 atom stereocenters. The lowest BCUT2D eigenvalue weighted by Gasteiger charge is -2.23. The fourth-order valence-electron chi connectivity index (χ4n) is 3.02. The fourth-order valence-corrected chi connectivity index (χ4v) is 3.02. The molecule has 2 amide bonds. The number of hydrogen-bond acceptors (Lipinski definition) is 6. The van der Waals surface area contributed by atoms with E-state index < -0.39 is 17.9 Å². The molecule has 0 bridgehead atoms. The molecule has 32 heavy (non-hydrogen) atoms. The summed E-state index contributed by atoms with van der Waals surface area (Å²) >= 11 is 0. The molecule has 0 fully saturated rings. The Balaban J connectivity index is 2.03. The number of allylic oxidation sites excluding steroid dienone is 1. The largest absolute Gasteiger partial charge is 0.457 e. The maximum Gasteiger partial charge on any atom is 0.251 e. The Labute approximate surface area is 188 Å². The molecule has 0 radical (unpaired) electrons. The van der Waals surface area contributed by atoms with Crippen LogP contribution in [0.15, 0.2) is 67.3 Å². The van der Waals surface area contributed by atoms with Gasteiger partial charge in [0.15, 0.2) is 0 Å². The van der Waals surface area contributed by atoms with Crippen LogP contribution in [-0.4, -0.2) is 43.1 Å². The summed E-state index contributed by atoms with van der Waals surface area (Å²) in [6.45, 7) is 6.21. The van der Waals surface area contributed by atoms with E-state index in [2.05, 4.69) is 11.9 Å². The number of rotatable bonds is 14. The highest BCUT2D eigenvalue weighted by Crippen LogP contribution is 2.21. The van der Waals surface area contributed by atoms with Gasteiger partial charge in [-0.15, -0.1) is 6.58 Å². The second-order valence-electron chi connectivity index (χ2n) is 7.02. The van der Waals surface area contributed by atoms with E-state index in [0.717, 1.165) is 0 Å². The van der Waals surface area contributed by atoms with Crippen LogP contribution in [0.2, 0.25) is 0 Å². The molecular weight excluding hydrogens is 412 g/mol. The van der Waals surface area contributed by atoms with Crippen molar-refractivity contribution in [3.05, 3.63) is 72.8 Å². The Hall–Kier alpha value is -3.20. The van der Waals surface area contributed by atoms with Crippen LogP contribution in [0.5, 0.6) is 11.5 Å². The van der Waals surface area contributed by atoms with Gasteiger partial charge in [-0.2, -0.15) is 0 Å². The Morgan fingerprint density at radius 3 is 2.38 bits per heavy atom. The maximum atomic E-state index is 12.8. The first-order chi connectivity index (χ1) is 15.6. The third-order valence-electron chi connectivity index (χ3n) is 4.62. The van der Waals surface area contributed by atoms with Crippen molar-refractivity contribution >= 4 is 11.8 Å². The smallest absolute Gasteiger partial charge is 0.251 e. The predicted molar refractivity (Wildman–Crippen MR) is 120 cm³/mol. The molecule has 0 saturated heterocycles. The first-order valence-corrected chi connectivity index (χ1v) is 10.4. The van der Waals surface area contributed by atoms with Gasteiger partial charge in [0.2, 0.25) is 5.91 Å². The molecule has 8 heteroatoms. The Morgan fingerprint density at radius 2 is 1.75 bits per heavy atom. The third kappa shape index (κ3) is 8.50. The van der Waals surface area contributed by atoms with Crippen LogP contribution in [0.25, 0.3) is 0 Å². The van der Waals surface area contributed by atoms with Crippen LogP contribution < -0.4 is 15.5 Å². The Bertz CT molecular complexity index is 841. The molecule has 0 heterocycles. The van der Waals surface area contributed by atoms with Crippen molar-refractivity contribution in [2.45, 2.75) is 25.8 Å². The summed E-state index contributed by atoms with van der Waals surface area (Å²) in [4.78, 5) is 24.7. The summed E-state index contributed by atoms with van der Waals surface area (Å²) in [7, 11) is 0. The number of nitrogens with one attached hydrogen (secondary N) is 2. The van der Waals surface area contributed by atoms with E-state index in [1.807, 2.05) is 37.3 Å². The molecule has 0 saturated carbocycles. The number of hydroxylamine groups is 1. The molecule has 172 valence electrons. The van der Waals surface area contributed by atoms with Gasteiger partial charge in [-0.05, 0) is 56.2 Å². The molecule has 0 aliphatic carbocycles. The zero-order chi connectivity index (χ0) is 23.2. The van der Waals surface area contributed by atoms with Crippen molar-refractivity contribution in [3.8, 4) is 11.5 Å². The van der Waals surface area contributed by atoms with Gasteiger partial charge in [0.25, 0.3) is 5.91 Å². The lowest BCUT2D eigenvalue weighted by atomic mass is 9.95. The predicted octanol–water partition coefficient (Wildman–Crippen LogP) is 3.68. The zero-order valence-electron chi connectivity index (χ0n) is 18.2. The van der Waals surface area contributed by atoms with Crippen molar-refractivity contribution in [2.24, 2.45) is 5.92 Å². The molecule has 0 unspecified atom stereocenters. The first-order valence-electron chi connectivity index (χ1n) is 10.4. The summed E-state index contributed by atoms with van der Waals surface area (Å²) in [5.74, 6) is -0.124. The fraction of sp³-hybridized carbons (Fsp3) is 0.333. The van der Waals surface area contributed by atoms with E-state index in [9.17, 15) is 9.59 Å². The van der Waals surface area contributed by atoms with Gasteiger partial charge < -0.3 is 19.5 Å². The number of hydrogen-bond donors (Lipinski definition) is 3. The molecule has 0 aliphatic rings. The third-order valence-corrected chi connectivity index (χ3v) is 4.62. The average molecular weight is 443 g/mol. The molecule has 0 aliphatic heterocycles. The number of benzene rings is 2. The highest BCUT2D eigenvalue weighted by atomic mass is 16.7. The van der Waals surface area contributed by atoms with E-state index in [1.54, 1.807) is 35.8 Å². The van der Waals surface area contributed by atoms with Gasteiger partial charge in [0.1, 0.15) is 18.3 Å². The SMILES string of the molecule is C=CC[C@H](C[C@@H](COCOCC)NC(=O)c1ccc(Oc2ccccc2)cc1)C(=O)NO. The van der Waals surface area contributed by atoms with E-state index in [4.69, 9.17) is 19.4 Å². The van der Waals surface area contributed by atoms with Crippen LogP contribution >= 0.6 is 0 Å². The van der Waals surface area contributed by atoms with E-state index >= 15 is 0 Å². The highest BCUT2D eigenvalue weighted by molar-refractivity contribution is 5.94. The van der Waals surface area contributed by atoms with E-state index in [-0.39, 0.29) is 25.7 Å². The van der Waals surface area contributed by atoms with Crippen LogP contribution in [0, 0.1) is 5.92 Å². The topological polar surface area (TPSA) is 106 Å². The zero-order valence-corrected chi connectivity index (χ0v) is 18.2. The number of ether oxygens (including phenoxy) is 3. The molecular formula is C24H30N2O6. The van der Waals surface area contributed by atoms with Crippen molar-refractivity contribution in [2.75, 3.05) is 20.0 Å². The van der Waals surface area contributed by atoms with E-state index in [1.165, 1.54) is 0 Å². The summed E-state index contributed by atoms with van der Waals surface area (Å²) in [5.41, 5.74) is 2.10. The second kappa shape index (κ2) is 14.0. The normalized spacial score (nSPS) is 12.4. The monoisotopic (exact) mass is 442 g/mol. The Morgan fingerprint density at radius 1 is 1.06 bits per heavy atom. The van der Waals surface area contributed by atoms with E-state index in [0.29, 0.717) is 30.1 Å². The van der Waals surface area contributed by atoms with Gasteiger partial charge >= 0.3 is 0 Å². The summed E-state index contributed by atoms with van der Waals surface area (Å²) in [5, 5.41) is 11.9. The Kier molecular flexibility index (Phi) is 10.9. The summed E-state index contributed by atoms with van der Waals surface area (Å²) < 4.78 is 16.4. The van der Waals surface area contributed by atoms with Gasteiger partial charge in [-0.25, -0.2) is 5.48 Å². The van der Waals surface area contributed by atoms with Crippen molar-refractivity contribution in [3.63, 3.8) is 0 Å². The van der Waals surface area contributed by atoms with Crippen molar-refractivity contribution in [1.82, 2.24) is 10.8 Å². The van der Waals surface area contributed by atoms with Crippen LogP contribution in [0.3, 0.4) is 0 Å². The minimum Gasteiger partial charge on any atom is -0.457 e. The lowest BCUT2D eigenvalue weighted by molar-refractivity contribution is -0.134. The van der Waals surface area contributed by atoms with Crippen molar-refractivity contribution < 1.29 is 29.0 Å². The number of para-hydroxylation sites is 1. The van der Waals surface area contributed by atoms with Crippen LogP contribution in [0.1, 0.15) is 30.1 Å². The molecule has 0 aromatic heterocycles. The van der Waals surface area contributed by atoms with Crippen molar-refractivity contribution in [1.29, 1.82) is 0 Å². The minimum atomic E-state index is -0.569. The molecule has 2 aromatic carbocycles. The van der Waals surface area contributed by atoms with Gasteiger partial charge in [0, 0.05) is 18.1 Å². The van der Waals surface area contributed by atoms with Gasteiger partial charge in [-0.3, -0.25) is 14.8 Å². The molecule has 2 rings (SSSR count). The minimum absolute atomic E-state index is 0.0761. The first kappa shape index (κ1) is 25.1. The van der Waals surface area contributed by atoms with Crippen LogP contribution in [-0.2, 0) is 14.3 Å². The standard InChI is InChI=1S/C24H30N2O6/c1-3-8-19(24(28)26-29)15-20(16-31-17-30-4-2)25-23(27)18-11-13-22(14-12-18)32-21-9-6-5-7-10-21/h3,5-7,9-14,19-20,29H,1,4,8,15-17H2,2H3,(H,25,27)(H,26,28)/t19-,20+/m1/s1. The van der Waals surface area contributed by atoms with Gasteiger partial charge in [0.05, 0.1) is 12.6 Å². The lowest BCUT2D eigenvalue weighted by Crippen LogP contribution is -2.42. The number of carbonyl (C=O) groups is 2. The summed E-state index contributed by atoms with van der Waals surface area (Å²) in [6.07, 6.45) is 2.19. The average Bonchev–Trinajstić information content (AvgIpc) is 2.82. The number of amides is 2. The number of carbonyl (C=O) groups excluding carboxylic acids is 2. The molecule has 0 spiro atoms. The summed E-state index contributed by atoms with van der Waals surface area (Å²) in [6, 6.07) is 15.6. The molecule has 3 N–H and O–H groups in total. The van der Waals surface area contributed by atoms with Gasteiger partial charge in [-0.1, -0.05) is 24.3 Å².